The Hall–Kier alpha value is -1.07. The van der Waals surface area contributed by atoms with Crippen LogP contribution in [0.1, 0.15) is 39.6 Å². The highest BCUT2D eigenvalue weighted by atomic mass is 79.9. The van der Waals surface area contributed by atoms with E-state index in [1.165, 1.54) is 0 Å². The van der Waals surface area contributed by atoms with Gasteiger partial charge in [0.25, 0.3) is 0 Å². The molecule has 2 aromatic rings. The smallest absolute Gasteiger partial charge is 0.243 e. The quantitative estimate of drug-likeness (QED) is 0.827. The number of aromatic nitrogens is 2. The summed E-state index contributed by atoms with van der Waals surface area (Å²) in [6, 6.07) is 5.43. The zero-order valence-corrected chi connectivity index (χ0v) is 14.9. The van der Waals surface area contributed by atoms with E-state index in [4.69, 9.17) is 11.6 Å². The van der Waals surface area contributed by atoms with Gasteiger partial charge in [-0.3, -0.25) is 4.79 Å². The maximum atomic E-state index is 12.4. The van der Waals surface area contributed by atoms with Gasteiger partial charge in [0.2, 0.25) is 5.91 Å². The van der Waals surface area contributed by atoms with Crippen molar-refractivity contribution < 1.29 is 4.79 Å². The standard InChI is InChI=1S/C15H19BrClN3O/c1-9(14(21)19-15(2,3)4)20-12-7-10(16)5-6-11(12)18-13(20)8-17/h5-7,9H,8H2,1-4H3,(H,19,21). The maximum absolute atomic E-state index is 12.4. The lowest BCUT2D eigenvalue weighted by atomic mass is 10.1. The molecule has 1 heterocycles. The number of rotatable bonds is 3. The summed E-state index contributed by atoms with van der Waals surface area (Å²) < 4.78 is 2.84. The minimum absolute atomic E-state index is 0.0480. The fourth-order valence-electron chi connectivity index (χ4n) is 2.23. The zero-order chi connectivity index (χ0) is 15.8. The van der Waals surface area contributed by atoms with Crippen molar-refractivity contribution in [2.24, 2.45) is 0 Å². The predicted octanol–water partition coefficient (Wildman–Crippen LogP) is 4.01. The number of benzene rings is 1. The first-order chi connectivity index (χ1) is 9.73. The van der Waals surface area contributed by atoms with Crippen molar-refractivity contribution in [3.8, 4) is 0 Å². The van der Waals surface area contributed by atoms with E-state index in [2.05, 4.69) is 26.2 Å². The number of hydrogen-bond acceptors (Lipinski definition) is 2. The van der Waals surface area contributed by atoms with Crippen molar-refractivity contribution >= 4 is 44.5 Å². The van der Waals surface area contributed by atoms with Gasteiger partial charge >= 0.3 is 0 Å². The topological polar surface area (TPSA) is 46.9 Å². The molecule has 0 aliphatic rings. The molecule has 0 radical (unpaired) electrons. The molecule has 0 aliphatic carbocycles. The minimum atomic E-state index is -0.378. The molecule has 4 nitrogen and oxygen atoms in total. The molecule has 0 saturated heterocycles. The molecule has 1 aromatic carbocycles. The van der Waals surface area contributed by atoms with Gasteiger partial charge in [0, 0.05) is 10.0 Å². The van der Waals surface area contributed by atoms with Crippen LogP contribution in [0, 0.1) is 0 Å². The Bertz CT molecular complexity index is 675. The summed E-state index contributed by atoms with van der Waals surface area (Å²) >= 11 is 9.46. The Kier molecular flexibility index (Phi) is 4.63. The third-order valence-electron chi connectivity index (χ3n) is 3.11. The van der Waals surface area contributed by atoms with Gasteiger partial charge in [-0.25, -0.2) is 4.98 Å². The highest BCUT2D eigenvalue weighted by Crippen LogP contribution is 2.26. The van der Waals surface area contributed by atoms with Gasteiger partial charge in [0.05, 0.1) is 16.9 Å². The number of nitrogens with zero attached hydrogens (tertiary/aromatic N) is 2. The van der Waals surface area contributed by atoms with Crippen LogP contribution in [-0.4, -0.2) is 21.0 Å². The number of amides is 1. The molecule has 1 aromatic heterocycles. The van der Waals surface area contributed by atoms with Gasteiger partial charge in [-0.05, 0) is 45.9 Å². The van der Waals surface area contributed by atoms with Crippen LogP contribution in [0.2, 0.25) is 0 Å². The summed E-state index contributed by atoms with van der Waals surface area (Å²) in [6.07, 6.45) is 0. The van der Waals surface area contributed by atoms with Crippen LogP contribution in [0.3, 0.4) is 0 Å². The molecule has 0 spiro atoms. The van der Waals surface area contributed by atoms with Crippen LogP contribution < -0.4 is 5.32 Å². The first-order valence-corrected chi connectivity index (χ1v) is 8.10. The first kappa shape index (κ1) is 16.3. The molecule has 1 amide bonds. The molecular weight excluding hydrogens is 354 g/mol. The van der Waals surface area contributed by atoms with E-state index >= 15 is 0 Å². The van der Waals surface area contributed by atoms with Gasteiger partial charge in [-0.1, -0.05) is 15.9 Å². The number of fused-ring (bicyclic) bond motifs is 1. The van der Waals surface area contributed by atoms with Crippen molar-refractivity contribution in [2.75, 3.05) is 0 Å². The Labute approximate surface area is 138 Å². The lowest BCUT2D eigenvalue weighted by molar-refractivity contribution is -0.125. The maximum Gasteiger partial charge on any atom is 0.243 e. The SMILES string of the molecule is CC(C(=O)NC(C)(C)C)n1c(CCl)nc2ccc(Br)cc21. The molecule has 6 heteroatoms. The lowest BCUT2D eigenvalue weighted by Crippen LogP contribution is -2.44. The van der Waals surface area contributed by atoms with E-state index in [-0.39, 0.29) is 23.4 Å². The van der Waals surface area contributed by atoms with Gasteiger partial charge in [0.1, 0.15) is 11.9 Å². The second-order valence-corrected chi connectivity index (χ2v) is 7.26. The van der Waals surface area contributed by atoms with Crippen molar-refractivity contribution in [1.82, 2.24) is 14.9 Å². The minimum Gasteiger partial charge on any atom is -0.350 e. The molecule has 21 heavy (non-hydrogen) atoms. The molecule has 1 unspecified atom stereocenters. The van der Waals surface area contributed by atoms with Gasteiger partial charge in [-0.2, -0.15) is 0 Å². The molecule has 114 valence electrons. The molecule has 1 atom stereocenters. The van der Waals surface area contributed by atoms with Crippen LogP contribution in [0.15, 0.2) is 22.7 Å². The number of alkyl halides is 1. The highest BCUT2D eigenvalue weighted by molar-refractivity contribution is 9.10. The van der Waals surface area contributed by atoms with Crippen molar-refractivity contribution in [3.05, 3.63) is 28.5 Å². The lowest BCUT2D eigenvalue weighted by Gasteiger charge is -2.24. The number of imidazole rings is 1. The second-order valence-electron chi connectivity index (χ2n) is 6.08. The van der Waals surface area contributed by atoms with Crippen molar-refractivity contribution in [2.45, 2.75) is 45.2 Å². The number of hydrogen-bond donors (Lipinski definition) is 1. The number of halogens is 2. The number of carbonyl (C=O) groups is 1. The van der Waals surface area contributed by atoms with Gasteiger partial charge in [0.15, 0.2) is 0 Å². The number of carbonyl (C=O) groups excluding carboxylic acids is 1. The molecule has 2 rings (SSSR count). The highest BCUT2D eigenvalue weighted by Gasteiger charge is 2.24. The summed E-state index contributed by atoms with van der Waals surface area (Å²) in [7, 11) is 0. The Morgan fingerprint density at radius 3 is 2.71 bits per heavy atom. The summed E-state index contributed by atoms with van der Waals surface area (Å²) in [5.74, 6) is 0.911. The summed E-state index contributed by atoms with van der Waals surface area (Å²) in [5.41, 5.74) is 1.46. The molecule has 1 N–H and O–H groups in total. The van der Waals surface area contributed by atoms with E-state index < -0.39 is 0 Å². The fraction of sp³-hybridized carbons (Fsp3) is 0.467. The second kappa shape index (κ2) is 5.97. The van der Waals surface area contributed by atoms with Crippen LogP contribution in [0.4, 0.5) is 0 Å². The van der Waals surface area contributed by atoms with Gasteiger partial charge < -0.3 is 9.88 Å². The monoisotopic (exact) mass is 371 g/mol. The fourth-order valence-corrected chi connectivity index (χ4v) is 2.77. The Morgan fingerprint density at radius 2 is 2.14 bits per heavy atom. The summed E-state index contributed by atoms with van der Waals surface area (Å²) in [6.45, 7) is 7.74. The summed E-state index contributed by atoms with van der Waals surface area (Å²) in [4.78, 5) is 16.9. The van der Waals surface area contributed by atoms with E-state index in [0.29, 0.717) is 5.82 Å². The van der Waals surface area contributed by atoms with E-state index in [1.54, 1.807) is 0 Å². The van der Waals surface area contributed by atoms with Crippen molar-refractivity contribution in [3.63, 3.8) is 0 Å². The Morgan fingerprint density at radius 1 is 1.48 bits per heavy atom. The third kappa shape index (κ3) is 3.58. The van der Waals surface area contributed by atoms with Crippen LogP contribution in [0.5, 0.6) is 0 Å². The Balaban J connectivity index is 2.48. The molecule has 0 fully saturated rings. The van der Waals surface area contributed by atoms with E-state index in [1.807, 2.05) is 50.5 Å². The molecular formula is C15H19BrClN3O. The van der Waals surface area contributed by atoms with Crippen LogP contribution >= 0.6 is 27.5 Å². The van der Waals surface area contributed by atoms with Crippen LogP contribution in [0.25, 0.3) is 11.0 Å². The largest absolute Gasteiger partial charge is 0.350 e. The average molecular weight is 373 g/mol. The molecule has 0 aliphatic heterocycles. The van der Waals surface area contributed by atoms with Crippen molar-refractivity contribution in [1.29, 1.82) is 0 Å². The first-order valence-electron chi connectivity index (χ1n) is 6.77. The predicted molar refractivity (Wildman–Crippen MR) is 89.6 cm³/mol. The molecule has 0 saturated carbocycles. The average Bonchev–Trinajstić information content (AvgIpc) is 2.73. The normalized spacial score (nSPS) is 13.4. The van der Waals surface area contributed by atoms with Gasteiger partial charge in [-0.15, -0.1) is 11.6 Å². The zero-order valence-electron chi connectivity index (χ0n) is 12.6. The third-order valence-corrected chi connectivity index (χ3v) is 3.84. The summed E-state index contributed by atoms with van der Waals surface area (Å²) in [5, 5.41) is 3.00. The van der Waals surface area contributed by atoms with E-state index in [0.717, 1.165) is 15.5 Å². The number of nitrogens with one attached hydrogen (secondary N) is 1. The van der Waals surface area contributed by atoms with Crippen LogP contribution in [-0.2, 0) is 10.7 Å². The molecule has 0 bridgehead atoms. The van der Waals surface area contributed by atoms with E-state index in [9.17, 15) is 4.79 Å².